The summed E-state index contributed by atoms with van der Waals surface area (Å²) < 4.78 is 4.54. The minimum absolute atomic E-state index is 0.0191. The maximum absolute atomic E-state index is 12.0. The van der Waals surface area contributed by atoms with E-state index in [4.69, 9.17) is 0 Å². The molecule has 0 spiro atoms. The van der Waals surface area contributed by atoms with Crippen LogP contribution in [-0.2, 0) is 25.7 Å². The molecule has 2 rings (SSSR count). The molecule has 1 aliphatic rings. The SMILES string of the molecule is COC(=O)CCC(=O)N1CCN(CC(=O)NCc2ccccc2)CC1. The lowest BCUT2D eigenvalue weighted by Gasteiger charge is -2.34. The van der Waals surface area contributed by atoms with Crippen molar-refractivity contribution in [3.05, 3.63) is 35.9 Å². The van der Waals surface area contributed by atoms with Crippen LogP contribution in [0.3, 0.4) is 0 Å². The average molecular weight is 347 g/mol. The minimum Gasteiger partial charge on any atom is -0.469 e. The van der Waals surface area contributed by atoms with Crippen LogP contribution in [0.4, 0.5) is 0 Å². The summed E-state index contributed by atoms with van der Waals surface area (Å²) in [5.41, 5.74) is 1.07. The van der Waals surface area contributed by atoms with E-state index in [-0.39, 0.29) is 30.6 Å². The average Bonchev–Trinajstić information content (AvgIpc) is 2.65. The van der Waals surface area contributed by atoms with Crippen LogP contribution in [0.2, 0.25) is 0 Å². The second-order valence-corrected chi connectivity index (χ2v) is 6.00. The van der Waals surface area contributed by atoms with Gasteiger partial charge in [-0.3, -0.25) is 19.3 Å². The molecular formula is C18H25N3O4. The number of methoxy groups -OCH3 is 1. The van der Waals surface area contributed by atoms with Gasteiger partial charge in [0.25, 0.3) is 0 Å². The van der Waals surface area contributed by atoms with Crippen molar-refractivity contribution >= 4 is 17.8 Å². The zero-order valence-corrected chi connectivity index (χ0v) is 14.6. The highest BCUT2D eigenvalue weighted by Gasteiger charge is 2.22. The third-order valence-electron chi connectivity index (χ3n) is 4.20. The van der Waals surface area contributed by atoms with E-state index in [9.17, 15) is 14.4 Å². The van der Waals surface area contributed by atoms with Crippen molar-refractivity contribution in [3.8, 4) is 0 Å². The van der Waals surface area contributed by atoms with Gasteiger partial charge >= 0.3 is 5.97 Å². The summed E-state index contributed by atoms with van der Waals surface area (Å²) in [6, 6.07) is 9.77. The molecule has 25 heavy (non-hydrogen) atoms. The van der Waals surface area contributed by atoms with E-state index in [2.05, 4.69) is 10.1 Å². The van der Waals surface area contributed by atoms with Gasteiger partial charge in [-0.15, -0.1) is 0 Å². The molecule has 1 aromatic carbocycles. The number of hydrogen-bond donors (Lipinski definition) is 1. The molecule has 0 unspecified atom stereocenters. The van der Waals surface area contributed by atoms with Crippen molar-refractivity contribution in [1.82, 2.24) is 15.1 Å². The van der Waals surface area contributed by atoms with Crippen LogP contribution in [0.15, 0.2) is 30.3 Å². The van der Waals surface area contributed by atoms with Crippen LogP contribution in [0, 0.1) is 0 Å². The first-order chi connectivity index (χ1) is 12.1. The Kier molecular flexibility index (Phi) is 7.40. The fourth-order valence-corrected chi connectivity index (χ4v) is 2.68. The number of benzene rings is 1. The van der Waals surface area contributed by atoms with Gasteiger partial charge in [0.1, 0.15) is 0 Å². The van der Waals surface area contributed by atoms with Crippen molar-refractivity contribution in [2.45, 2.75) is 19.4 Å². The third-order valence-corrected chi connectivity index (χ3v) is 4.20. The number of carbonyl (C=O) groups excluding carboxylic acids is 3. The van der Waals surface area contributed by atoms with Crippen molar-refractivity contribution in [2.24, 2.45) is 0 Å². The number of carbonyl (C=O) groups is 3. The summed E-state index contributed by atoms with van der Waals surface area (Å²) in [6.07, 6.45) is 0.279. The van der Waals surface area contributed by atoms with Crippen molar-refractivity contribution in [3.63, 3.8) is 0 Å². The molecule has 1 aromatic rings. The van der Waals surface area contributed by atoms with Gasteiger partial charge in [0.05, 0.1) is 20.1 Å². The Morgan fingerprint density at radius 3 is 2.36 bits per heavy atom. The topological polar surface area (TPSA) is 79.0 Å². The fourth-order valence-electron chi connectivity index (χ4n) is 2.68. The Labute approximate surface area is 147 Å². The Morgan fingerprint density at radius 1 is 1.04 bits per heavy atom. The predicted molar refractivity (Wildman–Crippen MR) is 92.6 cm³/mol. The lowest BCUT2D eigenvalue weighted by molar-refractivity contribution is -0.144. The Hall–Kier alpha value is -2.41. The number of nitrogens with one attached hydrogen (secondary N) is 1. The van der Waals surface area contributed by atoms with Crippen LogP contribution in [-0.4, -0.2) is 67.4 Å². The molecule has 1 aliphatic heterocycles. The summed E-state index contributed by atoms with van der Waals surface area (Å²) in [5, 5.41) is 2.91. The Bertz CT molecular complexity index is 583. The summed E-state index contributed by atoms with van der Waals surface area (Å²) in [7, 11) is 1.31. The predicted octanol–water partition coefficient (Wildman–Crippen LogP) is 0.400. The van der Waals surface area contributed by atoms with Crippen LogP contribution in [0.25, 0.3) is 0 Å². The quantitative estimate of drug-likeness (QED) is 0.723. The number of esters is 1. The van der Waals surface area contributed by atoms with E-state index in [1.54, 1.807) is 4.90 Å². The van der Waals surface area contributed by atoms with E-state index in [0.717, 1.165) is 5.56 Å². The minimum atomic E-state index is -0.373. The summed E-state index contributed by atoms with van der Waals surface area (Å²) >= 11 is 0. The van der Waals surface area contributed by atoms with Gasteiger partial charge in [0.15, 0.2) is 0 Å². The normalized spacial score (nSPS) is 14.8. The second kappa shape index (κ2) is 9.78. The molecule has 7 nitrogen and oxygen atoms in total. The summed E-state index contributed by atoms with van der Waals surface area (Å²) in [6.45, 7) is 3.31. The van der Waals surface area contributed by atoms with Crippen molar-refractivity contribution in [1.29, 1.82) is 0 Å². The van der Waals surface area contributed by atoms with E-state index >= 15 is 0 Å². The molecule has 1 heterocycles. The van der Waals surface area contributed by atoms with Gasteiger partial charge in [-0.25, -0.2) is 0 Å². The molecule has 1 saturated heterocycles. The largest absolute Gasteiger partial charge is 0.469 e. The number of rotatable bonds is 7. The first kappa shape index (κ1) is 18.9. The number of nitrogens with zero attached hydrogens (tertiary/aromatic N) is 2. The monoisotopic (exact) mass is 347 g/mol. The van der Waals surface area contributed by atoms with Crippen LogP contribution >= 0.6 is 0 Å². The fraction of sp³-hybridized carbons (Fsp3) is 0.500. The smallest absolute Gasteiger partial charge is 0.306 e. The molecule has 1 fully saturated rings. The van der Waals surface area contributed by atoms with E-state index < -0.39 is 0 Å². The summed E-state index contributed by atoms with van der Waals surface area (Å²) in [4.78, 5) is 38.9. The lowest BCUT2D eigenvalue weighted by atomic mass is 10.2. The Balaban J connectivity index is 1.65. The van der Waals surface area contributed by atoms with Gasteiger partial charge in [0.2, 0.25) is 11.8 Å². The van der Waals surface area contributed by atoms with Crippen molar-refractivity contribution in [2.75, 3.05) is 39.8 Å². The van der Waals surface area contributed by atoms with E-state index in [0.29, 0.717) is 39.3 Å². The van der Waals surface area contributed by atoms with Crippen molar-refractivity contribution < 1.29 is 19.1 Å². The highest BCUT2D eigenvalue weighted by atomic mass is 16.5. The lowest BCUT2D eigenvalue weighted by Crippen LogP contribution is -2.51. The van der Waals surface area contributed by atoms with Gasteiger partial charge in [-0.05, 0) is 5.56 Å². The van der Waals surface area contributed by atoms with Crippen LogP contribution in [0.1, 0.15) is 18.4 Å². The molecule has 0 bridgehead atoms. The molecular weight excluding hydrogens is 322 g/mol. The number of hydrogen-bond acceptors (Lipinski definition) is 5. The van der Waals surface area contributed by atoms with Gasteiger partial charge in [-0.1, -0.05) is 30.3 Å². The molecule has 7 heteroatoms. The maximum atomic E-state index is 12.0. The zero-order chi connectivity index (χ0) is 18.1. The third kappa shape index (κ3) is 6.54. The highest BCUT2D eigenvalue weighted by Crippen LogP contribution is 2.06. The molecule has 2 amide bonds. The maximum Gasteiger partial charge on any atom is 0.306 e. The molecule has 0 aromatic heterocycles. The van der Waals surface area contributed by atoms with E-state index in [1.807, 2.05) is 35.2 Å². The highest BCUT2D eigenvalue weighted by molar-refractivity contribution is 5.81. The van der Waals surface area contributed by atoms with E-state index in [1.165, 1.54) is 7.11 Å². The number of ether oxygens (including phenoxy) is 1. The summed E-state index contributed by atoms with van der Waals surface area (Å²) in [5.74, 6) is -0.435. The molecule has 0 saturated carbocycles. The first-order valence-corrected chi connectivity index (χ1v) is 8.46. The second-order valence-electron chi connectivity index (χ2n) is 6.00. The van der Waals surface area contributed by atoms with Gasteiger partial charge < -0.3 is 15.0 Å². The molecule has 1 N–H and O–H groups in total. The van der Waals surface area contributed by atoms with Crippen LogP contribution < -0.4 is 5.32 Å². The molecule has 0 radical (unpaired) electrons. The van der Waals surface area contributed by atoms with Gasteiger partial charge in [0, 0.05) is 39.1 Å². The molecule has 0 aliphatic carbocycles. The standard InChI is InChI=1S/C18H25N3O4/c1-25-18(24)8-7-17(23)21-11-9-20(10-12-21)14-16(22)19-13-15-5-3-2-4-6-15/h2-6H,7-14H2,1H3,(H,19,22). The zero-order valence-electron chi connectivity index (χ0n) is 14.6. The number of amides is 2. The number of piperazine rings is 1. The van der Waals surface area contributed by atoms with Gasteiger partial charge in [-0.2, -0.15) is 0 Å². The first-order valence-electron chi connectivity index (χ1n) is 8.46. The van der Waals surface area contributed by atoms with Crippen LogP contribution in [0.5, 0.6) is 0 Å². The Morgan fingerprint density at radius 2 is 1.72 bits per heavy atom. The molecule has 136 valence electrons. The molecule has 0 atom stereocenters.